The number of hydrogen-bond acceptors (Lipinski definition) is 7. The van der Waals surface area contributed by atoms with Crippen LogP contribution < -0.4 is 5.32 Å². The number of aliphatic hydroxyl groups is 1. The summed E-state index contributed by atoms with van der Waals surface area (Å²) in [5.74, 6) is -0.204. The molecule has 0 unspecified atom stereocenters. The van der Waals surface area contributed by atoms with Crippen molar-refractivity contribution in [1.82, 2.24) is 24.1 Å². The maximum Gasteiger partial charge on any atom is 0.419 e. The summed E-state index contributed by atoms with van der Waals surface area (Å²) in [5, 5.41) is 16.2. The molecule has 0 bridgehead atoms. The van der Waals surface area contributed by atoms with Crippen molar-refractivity contribution in [2.75, 3.05) is 18.4 Å². The van der Waals surface area contributed by atoms with Crippen molar-refractivity contribution in [3.05, 3.63) is 24.2 Å². The molecular weight excluding hydrogens is 480 g/mol. The topological polar surface area (TPSA) is 113 Å². The molecule has 1 aliphatic heterocycles. The Kier molecular flexibility index (Phi) is 6.36. The van der Waals surface area contributed by atoms with E-state index in [1.165, 1.54) is 30.9 Å². The number of alkyl halides is 4. The molecule has 2 aliphatic rings. The lowest BCUT2D eigenvalue weighted by Crippen LogP contribution is -2.50. The minimum atomic E-state index is -4.74. The van der Waals surface area contributed by atoms with E-state index in [2.05, 4.69) is 20.4 Å². The zero-order valence-electron chi connectivity index (χ0n) is 18.6. The standard InChI is InChI=1S/C20H26F4N6O3S/c1-19(2,31)11-29-9-12(7-26-29)17-14(20(22,23)24)8-25-18(28-17)27-16-5-6-30(10-15(16)21)34(32,33)13-3-4-13/h7-9,13,15-16,31H,3-6,10-11H2,1-2H3,(H,25,27,28)/t15-,16+/m1/s1. The van der Waals surface area contributed by atoms with E-state index < -0.39 is 50.5 Å². The molecule has 14 heteroatoms. The highest BCUT2D eigenvalue weighted by atomic mass is 32.2. The van der Waals surface area contributed by atoms with Crippen molar-refractivity contribution in [2.24, 2.45) is 0 Å². The Hall–Kier alpha value is -2.32. The van der Waals surface area contributed by atoms with E-state index in [4.69, 9.17) is 0 Å². The van der Waals surface area contributed by atoms with Crippen LogP contribution in [0.25, 0.3) is 11.3 Å². The second kappa shape index (κ2) is 8.72. The van der Waals surface area contributed by atoms with E-state index >= 15 is 0 Å². The highest BCUT2D eigenvalue weighted by molar-refractivity contribution is 7.90. The zero-order valence-corrected chi connectivity index (χ0v) is 19.4. The maximum absolute atomic E-state index is 14.8. The van der Waals surface area contributed by atoms with Gasteiger partial charge in [0.2, 0.25) is 16.0 Å². The summed E-state index contributed by atoms with van der Waals surface area (Å²) in [4.78, 5) is 7.72. The van der Waals surface area contributed by atoms with E-state index in [0.717, 1.165) is 4.31 Å². The number of aromatic nitrogens is 4. The molecule has 2 aromatic rings. The first-order chi connectivity index (χ1) is 15.7. The number of nitrogens with zero attached hydrogens (tertiary/aromatic N) is 5. The molecule has 1 saturated heterocycles. The van der Waals surface area contributed by atoms with Crippen molar-refractivity contribution in [1.29, 1.82) is 0 Å². The summed E-state index contributed by atoms with van der Waals surface area (Å²) in [6.07, 6.45) is -1.89. The number of anilines is 1. The average molecular weight is 507 g/mol. The SMILES string of the molecule is CC(C)(O)Cn1cc(-c2nc(N[C@H]3CCN(S(=O)(=O)C4CC4)C[C@H]3F)ncc2C(F)(F)F)cn1. The zero-order chi connectivity index (χ0) is 24.9. The van der Waals surface area contributed by atoms with Crippen LogP contribution in [0.3, 0.4) is 0 Å². The summed E-state index contributed by atoms with van der Waals surface area (Å²) in [6, 6.07) is -0.854. The smallest absolute Gasteiger partial charge is 0.389 e. The Bertz CT molecular complexity index is 1140. The molecule has 0 aromatic carbocycles. The van der Waals surface area contributed by atoms with Gasteiger partial charge in [0.1, 0.15) is 11.7 Å². The molecular formula is C20H26F4N6O3S. The predicted molar refractivity (Wildman–Crippen MR) is 115 cm³/mol. The van der Waals surface area contributed by atoms with Crippen LogP contribution in [0, 0.1) is 0 Å². The first-order valence-electron chi connectivity index (χ1n) is 10.8. The quantitative estimate of drug-likeness (QED) is 0.555. The summed E-state index contributed by atoms with van der Waals surface area (Å²) in [5.41, 5.74) is -2.59. The maximum atomic E-state index is 14.8. The number of halogens is 4. The second-order valence-electron chi connectivity index (χ2n) is 9.35. The molecule has 2 atom stereocenters. The summed E-state index contributed by atoms with van der Waals surface area (Å²) in [7, 11) is -3.51. The normalized spacial score (nSPS) is 22.7. The first kappa shape index (κ1) is 24.8. The van der Waals surface area contributed by atoms with Crippen LogP contribution in [0.5, 0.6) is 0 Å². The Morgan fingerprint density at radius 1 is 1.21 bits per heavy atom. The molecule has 2 N–H and O–H groups in total. The minimum absolute atomic E-state index is 0.0520. The molecule has 0 spiro atoms. The molecule has 188 valence electrons. The monoisotopic (exact) mass is 506 g/mol. The third kappa shape index (κ3) is 5.49. The predicted octanol–water partition coefficient (Wildman–Crippen LogP) is 2.45. The van der Waals surface area contributed by atoms with Gasteiger partial charge in [0.15, 0.2) is 0 Å². The van der Waals surface area contributed by atoms with Crippen LogP contribution in [-0.4, -0.2) is 73.7 Å². The van der Waals surface area contributed by atoms with Crippen molar-refractivity contribution in [2.45, 2.75) is 68.9 Å². The fourth-order valence-corrected chi connectivity index (χ4v) is 5.72. The Labute approximate surface area is 194 Å². The minimum Gasteiger partial charge on any atom is -0.389 e. The molecule has 2 aromatic heterocycles. The molecule has 1 aliphatic carbocycles. The Morgan fingerprint density at radius 3 is 2.50 bits per heavy atom. The van der Waals surface area contributed by atoms with Gasteiger partial charge in [-0.15, -0.1) is 0 Å². The molecule has 3 heterocycles. The lowest BCUT2D eigenvalue weighted by Gasteiger charge is -2.34. The molecule has 34 heavy (non-hydrogen) atoms. The molecule has 4 rings (SSSR count). The lowest BCUT2D eigenvalue weighted by atomic mass is 10.1. The van der Waals surface area contributed by atoms with E-state index in [-0.39, 0.29) is 37.6 Å². The van der Waals surface area contributed by atoms with Crippen LogP contribution in [0.2, 0.25) is 0 Å². The fourth-order valence-electron chi connectivity index (χ4n) is 3.86. The fraction of sp³-hybridized carbons (Fsp3) is 0.650. The summed E-state index contributed by atoms with van der Waals surface area (Å²) in [6.45, 7) is 2.91. The van der Waals surface area contributed by atoms with Gasteiger partial charge in [0, 0.05) is 31.0 Å². The van der Waals surface area contributed by atoms with E-state index in [0.29, 0.717) is 19.0 Å². The first-order valence-corrected chi connectivity index (χ1v) is 12.3. The van der Waals surface area contributed by atoms with Gasteiger partial charge in [0.05, 0.1) is 35.3 Å². The molecule has 1 saturated carbocycles. The van der Waals surface area contributed by atoms with E-state index in [1.807, 2.05) is 0 Å². The van der Waals surface area contributed by atoms with Crippen molar-refractivity contribution >= 4 is 16.0 Å². The van der Waals surface area contributed by atoms with Gasteiger partial charge < -0.3 is 10.4 Å². The van der Waals surface area contributed by atoms with Gasteiger partial charge in [-0.2, -0.15) is 22.6 Å². The number of nitrogens with one attached hydrogen (secondary N) is 1. The Morgan fingerprint density at radius 2 is 1.91 bits per heavy atom. The highest BCUT2D eigenvalue weighted by Crippen LogP contribution is 2.37. The van der Waals surface area contributed by atoms with E-state index in [1.54, 1.807) is 0 Å². The van der Waals surface area contributed by atoms with Gasteiger partial charge in [-0.25, -0.2) is 22.8 Å². The molecule has 2 fully saturated rings. The third-order valence-corrected chi connectivity index (χ3v) is 8.04. The largest absolute Gasteiger partial charge is 0.419 e. The molecule has 9 nitrogen and oxygen atoms in total. The number of sulfonamides is 1. The van der Waals surface area contributed by atoms with Gasteiger partial charge in [-0.05, 0) is 33.1 Å². The van der Waals surface area contributed by atoms with Crippen molar-refractivity contribution < 1.29 is 31.1 Å². The van der Waals surface area contributed by atoms with Crippen LogP contribution in [0.1, 0.15) is 38.7 Å². The summed E-state index contributed by atoms with van der Waals surface area (Å²) >= 11 is 0. The van der Waals surface area contributed by atoms with Crippen LogP contribution in [-0.2, 0) is 22.7 Å². The van der Waals surface area contributed by atoms with Gasteiger partial charge >= 0.3 is 6.18 Å². The van der Waals surface area contributed by atoms with Crippen molar-refractivity contribution in [3.63, 3.8) is 0 Å². The van der Waals surface area contributed by atoms with Gasteiger partial charge in [-0.3, -0.25) is 4.68 Å². The van der Waals surface area contributed by atoms with Crippen LogP contribution in [0.4, 0.5) is 23.5 Å². The van der Waals surface area contributed by atoms with Crippen LogP contribution >= 0.6 is 0 Å². The number of piperidine rings is 1. The highest BCUT2D eigenvalue weighted by Gasteiger charge is 2.44. The Balaban J connectivity index is 1.54. The average Bonchev–Trinajstić information content (AvgIpc) is 3.48. The lowest BCUT2D eigenvalue weighted by molar-refractivity contribution is -0.137. The number of hydrogen-bond donors (Lipinski definition) is 2. The second-order valence-corrected chi connectivity index (χ2v) is 11.6. The number of rotatable bonds is 7. The van der Waals surface area contributed by atoms with Crippen LogP contribution in [0.15, 0.2) is 18.6 Å². The van der Waals surface area contributed by atoms with Gasteiger partial charge in [0.25, 0.3) is 0 Å². The molecule has 0 amide bonds. The van der Waals surface area contributed by atoms with E-state index in [9.17, 15) is 31.1 Å². The van der Waals surface area contributed by atoms with Crippen molar-refractivity contribution in [3.8, 4) is 11.3 Å². The third-order valence-electron chi connectivity index (χ3n) is 5.67. The van der Waals surface area contributed by atoms with Gasteiger partial charge in [-0.1, -0.05) is 0 Å². The molecule has 0 radical (unpaired) electrons. The summed E-state index contributed by atoms with van der Waals surface area (Å²) < 4.78 is 82.8.